The monoisotopic (exact) mass is 208 g/mol. The zero-order valence-corrected chi connectivity index (χ0v) is 7.73. The molecule has 0 atom stereocenters. The highest BCUT2D eigenvalue weighted by atomic mass is 35.5. The fourth-order valence-electron chi connectivity index (χ4n) is 0.872. The quantitative estimate of drug-likeness (QED) is 0.188. The third-order valence-corrected chi connectivity index (χ3v) is 1.81. The number of Topliss-reactive ketones (excluding diaryl/α,β-unsaturated/α-hetero) is 1. The Morgan fingerprint density at radius 2 is 1.93 bits per heavy atom. The van der Waals surface area contributed by atoms with Crippen molar-refractivity contribution < 1.29 is 14.4 Å². The standard InChI is InChI=1S/C9H5ClN2O2/c10-7-3-1-6(2-4-7)9(14)8(5-13)12-11/h1-5H. The van der Waals surface area contributed by atoms with Gasteiger partial charge in [-0.3, -0.25) is 9.59 Å². The third kappa shape index (κ3) is 2.13. The van der Waals surface area contributed by atoms with Crippen molar-refractivity contribution in [2.75, 3.05) is 0 Å². The molecule has 14 heavy (non-hydrogen) atoms. The highest BCUT2D eigenvalue weighted by molar-refractivity contribution is 6.61. The summed E-state index contributed by atoms with van der Waals surface area (Å²) in [4.78, 5) is 24.2. The molecule has 0 aliphatic rings. The van der Waals surface area contributed by atoms with Crippen LogP contribution >= 0.6 is 11.6 Å². The van der Waals surface area contributed by atoms with Gasteiger partial charge in [-0.05, 0) is 24.3 Å². The first kappa shape index (κ1) is 10.3. The van der Waals surface area contributed by atoms with Crippen molar-refractivity contribution in [1.29, 1.82) is 0 Å². The van der Waals surface area contributed by atoms with Gasteiger partial charge >= 0.3 is 5.71 Å². The minimum atomic E-state index is -0.640. The lowest BCUT2D eigenvalue weighted by atomic mass is 10.1. The van der Waals surface area contributed by atoms with Crippen LogP contribution in [0.25, 0.3) is 5.53 Å². The Hall–Kier alpha value is -1.77. The molecule has 0 bridgehead atoms. The Morgan fingerprint density at radius 1 is 1.36 bits per heavy atom. The van der Waals surface area contributed by atoms with Gasteiger partial charge in [0.25, 0.3) is 5.78 Å². The minimum Gasteiger partial charge on any atom is -0.360 e. The SMILES string of the molecule is [N-]=[N+]=C(C=O)C(=O)c1ccc(Cl)cc1. The van der Waals surface area contributed by atoms with Crippen molar-refractivity contribution in [2.45, 2.75) is 0 Å². The van der Waals surface area contributed by atoms with Crippen LogP contribution in [0.5, 0.6) is 0 Å². The topological polar surface area (TPSA) is 70.5 Å². The molecule has 4 nitrogen and oxygen atoms in total. The second-order valence-electron chi connectivity index (χ2n) is 2.44. The molecular formula is C9H5ClN2O2. The molecule has 0 saturated carbocycles. The van der Waals surface area contributed by atoms with Crippen LogP contribution in [0, 0.1) is 0 Å². The van der Waals surface area contributed by atoms with E-state index in [2.05, 4.69) is 4.79 Å². The van der Waals surface area contributed by atoms with Gasteiger partial charge in [0.05, 0.1) is 0 Å². The van der Waals surface area contributed by atoms with Crippen LogP contribution in [0.15, 0.2) is 24.3 Å². The zero-order chi connectivity index (χ0) is 10.6. The Balaban J connectivity index is 3.07. The van der Waals surface area contributed by atoms with Gasteiger partial charge < -0.3 is 5.53 Å². The average molecular weight is 209 g/mol. The summed E-state index contributed by atoms with van der Waals surface area (Å²) < 4.78 is 0. The predicted octanol–water partition coefficient (Wildman–Crippen LogP) is 1.39. The van der Waals surface area contributed by atoms with E-state index in [9.17, 15) is 9.59 Å². The molecule has 0 aromatic heterocycles. The Bertz CT molecular complexity index is 419. The van der Waals surface area contributed by atoms with Gasteiger partial charge in [-0.1, -0.05) is 11.6 Å². The molecule has 0 aliphatic carbocycles. The molecule has 0 heterocycles. The molecule has 0 saturated heterocycles. The first-order chi connectivity index (χ1) is 6.69. The zero-order valence-electron chi connectivity index (χ0n) is 6.98. The molecule has 70 valence electrons. The summed E-state index contributed by atoms with van der Waals surface area (Å²) in [6, 6.07) is 5.90. The maximum Gasteiger partial charge on any atom is 0.401 e. The fourth-order valence-corrected chi connectivity index (χ4v) is 0.998. The van der Waals surface area contributed by atoms with Crippen molar-refractivity contribution in [1.82, 2.24) is 0 Å². The highest BCUT2D eigenvalue weighted by Crippen LogP contribution is 2.09. The minimum absolute atomic E-state index is 0.191. The van der Waals surface area contributed by atoms with E-state index in [0.29, 0.717) is 5.02 Å². The smallest absolute Gasteiger partial charge is 0.360 e. The summed E-state index contributed by atoms with van der Waals surface area (Å²) in [7, 11) is 0. The number of benzene rings is 1. The van der Waals surface area contributed by atoms with Crippen LogP contribution in [-0.4, -0.2) is 22.6 Å². The van der Waals surface area contributed by atoms with Crippen LogP contribution in [0.3, 0.4) is 0 Å². The lowest BCUT2D eigenvalue weighted by molar-refractivity contribution is -0.106. The molecule has 5 heteroatoms. The van der Waals surface area contributed by atoms with E-state index >= 15 is 0 Å². The van der Waals surface area contributed by atoms with Crippen LogP contribution in [-0.2, 0) is 4.79 Å². The molecule has 0 fully saturated rings. The second kappa shape index (κ2) is 4.46. The molecule has 0 unspecified atom stereocenters. The van der Waals surface area contributed by atoms with Crippen molar-refractivity contribution >= 4 is 29.4 Å². The number of halogens is 1. The molecule has 0 N–H and O–H groups in total. The van der Waals surface area contributed by atoms with E-state index in [1.54, 1.807) is 0 Å². The van der Waals surface area contributed by atoms with Gasteiger partial charge in [-0.15, -0.1) is 0 Å². The number of carbonyl (C=O) groups excluding carboxylic acids is 2. The fraction of sp³-hybridized carbons (Fsp3) is 0. The van der Waals surface area contributed by atoms with Crippen molar-refractivity contribution in [3.05, 3.63) is 40.4 Å². The van der Waals surface area contributed by atoms with E-state index < -0.39 is 11.5 Å². The lowest BCUT2D eigenvalue weighted by Crippen LogP contribution is -2.16. The maximum atomic E-state index is 11.4. The molecule has 0 amide bonds. The van der Waals surface area contributed by atoms with Gasteiger partial charge in [0.1, 0.15) is 0 Å². The molecule has 1 aromatic rings. The van der Waals surface area contributed by atoms with Crippen molar-refractivity contribution in [2.24, 2.45) is 0 Å². The van der Waals surface area contributed by atoms with E-state index in [-0.39, 0.29) is 11.8 Å². The predicted molar refractivity (Wildman–Crippen MR) is 50.5 cm³/mol. The summed E-state index contributed by atoms with van der Waals surface area (Å²) >= 11 is 5.60. The Morgan fingerprint density at radius 3 is 2.36 bits per heavy atom. The number of ketones is 1. The molecular weight excluding hydrogens is 204 g/mol. The largest absolute Gasteiger partial charge is 0.401 e. The first-order valence-electron chi connectivity index (χ1n) is 3.66. The second-order valence-corrected chi connectivity index (χ2v) is 2.88. The summed E-state index contributed by atoms with van der Waals surface area (Å²) in [5.74, 6) is -0.640. The van der Waals surface area contributed by atoms with Crippen molar-refractivity contribution in [3.8, 4) is 0 Å². The van der Waals surface area contributed by atoms with Crippen LogP contribution in [0.4, 0.5) is 0 Å². The summed E-state index contributed by atoms with van der Waals surface area (Å²) in [5.41, 5.74) is 8.03. The van der Waals surface area contributed by atoms with E-state index in [4.69, 9.17) is 17.1 Å². The molecule has 1 aromatic carbocycles. The average Bonchev–Trinajstić information content (AvgIpc) is 2.20. The van der Waals surface area contributed by atoms with Gasteiger partial charge in [0.2, 0.25) is 6.29 Å². The summed E-state index contributed by atoms with van der Waals surface area (Å²) in [6.45, 7) is 0. The highest BCUT2D eigenvalue weighted by Gasteiger charge is 2.20. The van der Waals surface area contributed by atoms with Gasteiger partial charge in [-0.25, -0.2) is 0 Å². The number of hydrogen-bond donors (Lipinski definition) is 0. The Labute approximate surface area is 84.7 Å². The molecule has 1 rings (SSSR count). The lowest BCUT2D eigenvalue weighted by Gasteiger charge is -1.93. The molecule has 0 spiro atoms. The van der Waals surface area contributed by atoms with Crippen LogP contribution in [0.1, 0.15) is 10.4 Å². The van der Waals surface area contributed by atoms with E-state index in [1.165, 1.54) is 24.3 Å². The maximum absolute atomic E-state index is 11.4. The number of rotatable bonds is 3. The Kier molecular flexibility index (Phi) is 3.29. The van der Waals surface area contributed by atoms with E-state index in [1.807, 2.05) is 0 Å². The number of hydrogen-bond acceptors (Lipinski definition) is 2. The number of aldehydes is 1. The summed E-state index contributed by atoms with van der Waals surface area (Å²) in [5, 5.41) is 0.482. The normalized spacial score (nSPS) is 8.93. The van der Waals surface area contributed by atoms with Gasteiger partial charge in [-0.2, -0.15) is 4.79 Å². The number of nitrogens with zero attached hydrogens (tertiary/aromatic N) is 2. The van der Waals surface area contributed by atoms with Crippen molar-refractivity contribution in [3.63, 3.8) is 0 Å². The molecule has 0 radical (unpaired) electrons. The summed E-state index contributed by atoms with van der Waals surface area (Å²) in [6.07, 6.45) is 0.191. The first-order valence-corrected chi connectivity index (χ1v) is 4.04. The van der Waals surface area contributed by atoms with Crippen LogP contribution in [0.2, 0.25) is 5.02 Å². The molecule has 0 aliphatic heterocycles. The van der Waals surface area contributed by atoms with Gasteiger partial charge in [0, 0.05) is 10.6 Å². The van der Waals surface area contributed by atoms with E-state index in [0.717, 1.165) is 0 Å². The van der Waals surface area contributed by atoms with Crippen LogP contribution < -0.4 is 0 Å². The third-order valence-electron chi connectivity index (χ3n) is 1.56. The van der Waals surface area contributed by atoms with Gasteiger partial charge in [0.15, 0.2) is 0 Å². The number of carbonyl (C=O) groups is 2.